The molecule has 6 heteroatoms. The largest absolute Gasteiger partial charge is 0.462 e. The fourth-order valence-corrected chi connectivity index (χ4v) is 3.15. The van der Waals surface area contributed by atoms with Gasteiger partial charge in [-0.1, -0.05) is 33.6 Å². The minimum atomic E-state index is -0.252. The summed E-state index contributed by atoms with van der Waals surface area (Å²) in [6, 6.07) is 7.05. The lowest BCUT2D eigenvalue weighted by molar-refractivity contribution is -0.236. The lowest BCUT2D eigenvalue weighted by atomic mass is 10.0. The molecule has 0 aliphatic carbocycles. The number of carbonyl (C=O) groups excluding carboxylic acids is 1. The number of unbranched alkanes of at least 4 members (excludes halogenated alkanes) is 1. The van der Waals surface area contributed by atoms with Gasteiger partial charge in [-0.15, -0.1) is 0 Å². The maximum atomic E-state index is 11.5. The average Bonchev–Trinajstić information content (AvgIpc) is 2.73. The van der Waals surface area contributed by atoms with Crippen molar-refractivity contribution in [1.82, 2.24) is 0 Å². The second-order valence-corrected chi connectivity index (χ2v) is 7.76. The molecule has 3 aromatic rings. The quantitative estimate of drug-likeness (QED) is 0.588. The van der Waals surface area contributed by atoms with Crippen LogP contribution in [-0.4, -0.2) is 31.6 Å². The molecular weight excluding hydrogens is 372 g/mol. The fourth-order valence-electron chi connectivity index (χ4n) is 3.15. The van der Waals surface area contributed by atoms with Crippen LogP contribution in [0.4, 0.5) is 0 Å². The van der Waals surface area contributed by atoms with Crippen molar-refractivity contribution in [3.05, 3.63) is 34.7 Å². The third-order valence-electron chi connectivity index (χ3n) is 5.20. The smallest absolute Gasteiger partial charge is 0.343 e. The first-order chi connectivity index (χ1) is 13.9. The molecule has 2 aromatic heterocycles. The molecule has 162 valence electrons. The summed E-state index contributed by atoms with van der Waals surface area (Å²) in [4.78, 5) is 22.2. The van der Waals surface area contributed by atoms with Crippen LogP contribution >= 0.6 is 0 Å². The van der Waals surface area contributed by atoms with E-state index >= 15 is 0 Å². The van der Waals surface area contributed by atoms with Gasteiger partial charge in [0.1, 0.15) is 11.7 Å². The lowest BCUT2D eigenvalue weighted by Gasteiger charge is -2.34. The predicted molar refractivity (Wildman–Crippen MR) is 112 cm³/mol. The number of rotatable bonds is 8. The van der Waals surface area contributed by atoms with Crippen molar-refractivity contribution >= 4 is 16.9 Å². The molecule has 0 amide bonds. The van der Waals surface area contributed by atoms with Crippen LogP contribution in [0, 0.1) is 11.8 Å². The first kappa shape index (κ1) is 23.4. The number of fused-ring (bicyclic) bond motifs is 3. The Morgan fingerprint density at radius 3 is 2.21 bits per heavy atom. The van der Waals surface area contributed by atoms with Crippen LogP contribution in [0.3, 0.4) is 0 Å². The van der Waals surface area contributed by atoms with E-state index in [0.29, 0.717) is 23.3 Å². The Hall–Kier alpha value is -1.92. The molecule has 0 spiro atoms. The van der Waals surface area contributed by atoms with Crippen molar-refractivity contribution in [2.75, 3.05) is 13.2 Å². The SMILES string of the molecule is CCCCC1COC(C(C)C(C)OC(=O)CCC)OC1.O=c1oc2ccc1cc2. The first-order valence-corrected chi connectivity index (χ1v) is 10.7. The number of hydrogen-bond donors (Lipinski definition) is 0. The zero-order valence-electron chi connectivity index (χ0n) is 18.0. The molecule has 29 heavy (non-hydrogen) atoms. The highest BCUT2D eigenvalue weighted by Gasteiger charge is 2.31. The van der Waals surface area contributed by atoms with Crippen LogP contribution < -0.4 is 5.63 Å². The van der Waals surface area contributed by atoms with E-state index in [1.54, 1.807) is 24.3 Å². The molecule has 2 unspecified atom stereocenters. The van der Waals surface area contributed by atoms with E-state index in [2.05, 4.69) is 6.92 Å². The van der Waals surface area contributed by atoms with Gasteiger partial charge < -0.3 is 18.6 Å². The Kier molecular flexibility index (Phi) is 9.61. The Labute approximate surface area is 172 Å². The summed E-state index contributed by atoms with van der Waals surface area (Å²) in [5.74, 6) is 0.433. The second-order valence-electron chi connectivity index (χ2n) is 7.76. The van der Waals surface area contributed by atoms with Gasteiger partial charge in [-0.25, -0.2) is 4.79 Å². The second kappa shape index (κ2) is 11.9. The molecule has 4 rings (SSSR count). The monoisotopic (exact) mass is 406 g/mol. The first-order valence-electron chi connectivity index (χ1n) is 10.7. The molecule has 1 aromatic carbocycles. The number of ether oxygens (including phenoxy) is 3. The van der Waals surface area contributed by atoms with Gasteiger partial charge in [0.15, 0.2) is 6.29 Å². The molecule has 6 nitrogen and oxygen atoms in total. The van der Waals surface area contributed by atoms with Gasteiger partial charge in [-0.3, -0.25) is 4.79 Å². The predicted octanol–water partition coefficient (Wildman–Crippen LogP) is 4.76. The van der Waals surface area contributed by atoms with E-state index in [1.807, 2.05) is 20.8 Å². The Bertz CT molecular complexity index is 741. The Balaban J connectivity index is 0.000000272. The van der Waals surface area contributed by atoms with Crippen molar-refractivity contribution in [3.8, 4) is 0 Å². The average molecular weight is 407 g/mol. The normalized spacial score (nSPS) is 21.2. The van der Waals surface area contributed by atoms with Crippen LogP contribution in [0.25, 0.3) is 11.0 Å². The maximum Gasteiger partial charge on any atom is 0.343 e. The number of esters is 1. The summed E-state index contributed by atoms with van der Waals surface area (Å²) in [5, 5.41) is 0.630. The van der Waals surface area contributed by atoms with Crippen molar-refractivity contribution < 1.29 is 23.4 Å². The van der Waals surface area contributed by atoms with E-state index < -0.39 is 0 Å². The van der Waals surface area contributed by atoms with E-state index in [-0.39, 0.29) is 29.9 Å². The molecule has 2 atom stereocenters. The highest BCUT2D eigenvalue weighted by atomic mass is 16.7. The van der Waals surface area contributed by atoms with Gasteiger partial charge in [0.05, 0.1) is 18.6 Å². The molecular formula is C23H34O6. The van der Waals surface area contributed by atoms with Crippen LogP contribution in [0.15, 0.2) is 33.5 Å². The van der Waals surface area contributed by atoms with Crippen molar-refractivity contribution in [2.45, 2.75) is 72.2 Å². The molecule has 1 aliphatic heterocycles. The van der Waals surface area contributed by atoms with E-state index in [1.165, 1.54) is 19.3 Å². The summed E-state index contributed by atoms with van der Waals surface area (Å²) in [6.07, 6.45) is 4.46. The summed E-state index contributed by atoms with van der Waals surface area (Å²) >= 11 is 0. The van der Waals surface area contributed by atoms with Gasteiger partial charge >= 0.3 is 11.6 Å². The molecule has 0 N–H and O–H groups in total. The van der Waals surface area contributed by atoms with Crippen LogP contribution in [0.2, 0.25) is 0 Å². The van der Waals surface area contributed by atoms with E-state index in [9.17, 15) is 9.59 Å². The molecule has 0 saturated carbocycles. The van der Waals surface area contributed by atoms with Crippen LogP contribution in [0.5, 0.6) is 0 Å². The zero-order valence-corrected chi connectivity index (χ0v) is 18.0. The zero-order chi connectivity index (χ0) is 21.2. The van der Waals surface area contributed by atoms with Crippen molar-refractivity contribution in [3.63, 3.8) is 0 Å². The molecule has 1 aliphatic rings. The molecule has 2 bridgehead atoms. The van der Waals surface area contributed by atoms with Gasteiger partial charge in [0.2, 0.25) is 0 Å². The van der Waals surface area contributed by atoms with E-state index in [0.717, 1.165) is 19.6 Å². The lowest BCUT2D eigenvalue weighted by Crippen LogP contribution is -2.40. The van der Waals surface area contributed by atoms with Gasteiger partial charge in [-0.05, 0) is 44.0 Å². The Morgan fingerprint density at radius 1 is 1.10 bits per heavy atom. The number of benzene rings is 1. The number of hydrogen-bond acceptors (Lipinski definition) is 6. The van der Waals surface area contributed by atoms with Crippen molar-refractivity contribution in [1.29, 1.82) is 0 Å². The van der Waals surface area contributed by atoms with Crippen LogP contribution in [0.1, 0.15) is 59.8 Å². The summed E-state index contributed by atoms with van der Waals surface area (Å²) in [5.41, 5.74) is 0.394. The minimum Gasteiger partial charge on any atom is -0.462 e. The standard InChI is InChI=1S/C16H30O4.C7H4O2/c1-5-7-9-14-10-18-16(19-11-14)12(3)13(4)20-15(17)8-6-2;8-7-5-1-3-6(9-7)4-2-5/h12-14,16H,5-11H2,1-4H3;1-4H. The fraction of sp³-hybridized carbons (Fsp3) is 0.652. The van der Waals surface area contributed by atoms with Gasteiger partial charge in [0, 0.05) is 18.3 Å². The topological polar surface area (TPSA) is 75.0 Å². The molecule has 1 saturated heterocycles. The molecule has 0 radical (unpaired) electrons. The summed E-state index contributed by atoms with van der Waals surface area (Å²) in [6.45, 7) is 9.60. The maximum absolute atomic E-state index is 11.5. The minimum absolute atomic E-state index is 0.0583. The Morgan fingerprint density at radius 2 is 1.76 bits per heavy atom. The number of carbonyl (C=O) groups is 1. The third kappa shape index (κ3) is 7.44. The molecule has 3 heterocycles. The van der Waals surface area contributed by atoms with E-state index in [4.69, 9.17) is 18.6 Å². The highest BCUT2D eigenvalue weighted by molar-refractivity contribution is 5.69. The highest BCUT2D eigenvalue weighted by Crippen LogP contribution is 2.24. The molecule has 1 fully saturated rings. The van der Waals surface area contributed by atoms with Gasteiger partial charge in [0.25, 0.3) is 0 Å². The summed E-state index contributed by atoms with van der Waals surface area (Å²) in [7, 11) is 0. The van der Waals surface area contributed by atoms with Crippen LogP contribution in [-0.2, 0) is 19.0 Å². The third-order valence-corrected chi connectivity index (χ3v) is 5.20. The summed E-state index contributed by atoms with van der Waals surface area (Å²) < 4.78 is 21.7. The van der Waals surface area contributed by atoms with Crippen molar-refractivity contribution in [2.24, 2.45) is 11.8 Å². The van der Waals surface area contributed by atoms with Gasteiger partial charge in [-0.2, -0.15) is 0 Å².